The van der Waals surface area contributed by atoms with E-state index in [1.54, 1.807) is 13.8 Å². The molecule has 1 saturated heterocycles. The van der Waals surface area contributed by atoms with Gasteiger partial charge in [-0.1, -0.05) is 30.3 Å². The molecule has 0 bridgehead atoms. The van der Waals surface area contributed by atoms with Crippen LogP contribution < -0.4 is 4.90 Å². The maximum Gasteiger partial charge on any atom is 0.325 e. The van der Waals surface area contributed by atoms with Gasteiger partial charge in [0.2, 0.25) is 0 Å². The van der Waals surface area contributed by atoms with Gasteiger partial charge in [-0.2, -0.15) is 0 Å². The smallest absolute Gasteiger partial charge is 0.325 e. The lowest BCUT2D eigenvalue weighted by Crippen LogP contribution is -3.15. The van der Waals surface area contributed by atoms with Crippen molar-refractivity contribution in [1.82, 2.24) is 0 Å². The first-order valence-electron chi connectivity index (χ1n) is 9.92. The third-order valence-electron chi connectivity index (χ3n) is 4.77. The maximum atomic E-state index is 12.2. The predicted molar refractivity (Wildman–Crippen MR) is 105 cm³/mol. The van der Waals surface area contributed by atoms with Gasteiger partial charge in [0.05, 0.1) is 26.4 Å². The van der Waals surface area contributed by atoms with Crippen molar-refractivity contribution < 1.29 is 28.7 Å². The van der Waals surface area contributed by atoms with Gasteiger partial charge in [0.1, 0.15) is 25.2 Å². The molecular formula is C21H31N2O5+. The van der Waals surface area contributed by atoms with Crippen LogP contribution in [0.1, 0.15) is 32.4 Å². The summed E-state index contributed by atoms with van der Waals surface area (Å²) >= 11 is 0. The fourth-order valence-electron chi connectivity index (χ4n) is 3.45. The molecule has 1 heterocycles. The molecule has 1 aliphatic heterocycles. The number of hydrogen-bond acceptors (Lipinski definition) is 6. The molecule has 7 heteroatoms. The fourth-order valence-corrected chi connectivity index (χ4v) is 3.45. The lowest BCUT2D eigenvalue weighted by Gasteiger charge is -2.34. The van der Waals surface area contributed by atoms with E-state index in [9.17, 15) is 9.59 Å². The van der Waals surface area contributed by atoms with Gasteiger partial charge in [-0.05, 0) is 20.8 Å². The minimum atomic E-state index is -1.14. The summed E-state index contributed by atoms with van der Waals surface area (Å²) in [5.41, 5.74) is 1.17. The van der Waals surface area contributed by atoms with Gasteiger partial charge < -0.3 is 19.1 Å². The lowest BCUT2D eigenvalue weighted by atomic mass is 9.98. The molecule has 154 valence electrons. The number of carbonyl (C=O) groups is 2. The van der Waals surface area contributed by atoms with Gasteiger partial charge in [0, 0.05) is 11.8 Å². The molecule has 0 saturated carbocycles. The van der Waals surface area contributed by atoms with Crippen LogP contribution in [0.5, 0.6) is 0 Å². The summed E-state index contributed by atoms with van der Waals surface area (Å²) in [5, 5.41) is 0. The zero-order valence-electron chi connectivity index (χ0n) is 16.9. The zero-order chi connectivity index (χ0) is 20.4. The Kier molecular flexibility index (Phi) is 9.10. The first kappa shape index (κ1) is 22.0. The second kappa shape index (κ2) is 11.6. The van der Waals surface area contributed by atoms with E-state index in [2.05, 4.69) is 17.1 Å². The number of aliphatic imine (C=N–C) groups is 1. The van der Waals surface area contributed by atoms with Crippen molar-refractivity contribution in [2.24, 2.45) is 10.9 Å². The Balaban J connectivity index is 2.22. The van der Waals surface area contributed by atoms with Crippen molar-refractivity contribution in [1.29, 1.82) is 0 Å². The summed E-state index contributed by atoms with van der Waals surface area (Å²) in [5.74, 6) is -2.41. The Labute approximate surface area is 166 Å². The number of nitrogens with zero attached hydrogens (tertiary/aromatic N) is 1. The first-order valence-corrected chi connectivity index (χ1v) is 9.92. The van der Waals surface area contributed by atoms with E-state index in [0.717, 1.165) is 13.1 Å². The van der Waals surface area contributed by atoms with Crippen LogP contribution >= 0.6 is 0 Å². The average Bonchev–Trinajstić information content (AvgIpc) is 2.70. The SMILES string of the molecule is CCOC(=O)C(C=N[C@H](C)[C@@H](c1ccccc1)[NH+]1CCOCC1)C(=O)OCC. The highest BCUT2D eigenvalue weighted by Crippen LogP contribution is 2.17. The lowest BCUT2D eigenvalue weighted by molar-refractivity contribution is -0.940. The van der Waals surface area contributed by atoms with Crippen molar-refractivity contribution in [3.8, 4) is 0 Å². The third kappa shape index (κ3) is 6.14. The molecule has 7 nitrogen and oxygen atoms in total. The normalized spacial score (nSPS) is 17.4. The monoisotopic (exact) mass is 391 g/mol. The number of quaternary nitrogens is 1. The molecule has 0 radical (unpaired) electrons. The molecule has 2 rings (SSSR count). The highest BCUT2D eigenvalue weighted by Gasteiger charge is 2.33. The summed E-state index contributed by atoms with van der Waals surface area (Å²) < 4.78 is 15.5. The van der Waals surface area contributed by atoms with Crippen LogP contribution in [-0.4, -0.2) is 63.7 Å². The molecule has 0 amide bonds. The van der Waals surface area contributed by atoms with Crippen molar-refractivity contribution in [2.45, 2.75) is 32.9 Å². The summed E-state index contributed by atoms with van der Waals surface area (Å²) in [6, 6.07) is 10.2. The molecule has 0 spiro atoms. The number of carbonyl (C=O) groups excluding carboxylic acids is 2. The Morgan fingerprint density at radius 1 is 1.11 bits per heavy atom. The van der Waals surface area contributed by atoms with Gasteiger partial charge in [0.15, 0.2) is 5.92 Å². The number of benzene rings is 1. The maximum absolute atomic E-state index is 12.2. The summed E-state index contributed by atoms with van der Waals surface area (Å²) in [6.07, 6.45) is 1.39. The van der Waals surface area contributed by atoms with Gasteiger partial charge in [-0.15, -0.1) is 0 Å². The first-order chi connectivity index (χ1) is 13.6. The van der Waals surface area contributed by atoms with Gasteiger partial charge >= 0.3 is 11.9 Å². The van der Waals surface area contributed by atoms with Crippen molar-refractivity contribution in [3.63, 3.8) is 0 Å². The molecule has 1 N–H and O–H groups in total. The van der Waals surface area contributed by atoms with Gasteiger partial charge in [0.25, 0.3) is 0 Å². The van der Waals surface area contributed by atoms with Gasteiger partial charge in [-0.25, -0.2) is 0 Å². The standard InChI is InChI=1S/C21H30N2O5/c1-4-27-20(24)18(21(25)28-5-2)15-22-16(3)19(17-9-7-6-8-10-17)23-11-13-26-14-12-23/h6-10,15-16,18-19H,4-5,11-14H2,1-3H3/p+1/t16-,19+/m1/s1. The molecule has 1 aromatic rings. The van der Waals surface area contributed by atoms with Crippen molar-refractivity contribution >= 4 is 18.2 Å². The minimum Gasteiger partial charge on any atom is -0.465 e. The molecule has 1 fully saturated rings. The second-order valence-corrected chi connectivity index (χ2v) is 6.68. The van der Waals surface area contributed by atoms with E-state index in [0.29, 0.717) is 13.2 Å². The second-order valence-electron chi connectivity index (χ2n) is 6.68. The number of nitrogens with one attached hydrogen (secondary N) is 1. The Morgan fingerprint density at radius 3 is 2.21 bits per heavy atom. The van der Waals surface area contributed by atoms with Crippen LogP contribution in [-0.2, 0) is 23.8 Å². The Morgan fingerprint density at radius 2 is 1.68 bits per heavy atom. The van der Waals surface area contributed by atoms with Gasteiger partial charge in [-0.3, -0.25) is 14.6 Å². The van der Waals surface area contributed by atoms with E-state index in [1.165, 1.54) is 16.7 Å². The average molecular weight is 391 g/mol. The Bertz CT molecular complexity index is 625. The van der Waals surface area contributed by atoms with Crippen molar-refractivity contribution in [3.05, 3.63) is 35.9 Å². The van der Waals surface area contributed by atoms with E-state index < -0.39 is 17.9 Å². The number of rotatable bonds is 9. The minimum absolute atomic E-state index is 0.103. The molecule has 0 unspecified atom stereocenters. The predicted octanol–water partition coefficient (Wildman–Crippen LogP) is 0.845. The molecule has 0 aliphatic carbocycles. The number of morpholine rings is 1. The summed E-state index contributed by atoms with van der Waals surface area (Å²) in [4.78, 5) is 30.3. The van der Waals surface area contributed by atoms with Crippen molar-refractivity contribution in [2.75, 3.05) is 39.5 Å². The largest absolute Gasteiger partial charge is 0.465 e. The summed E-state index contributed by atoms with van der Waals surface area (Å²) in [7, 11) is 0. The topological polar surface area (TPSA) is 78.6 Å². The van der Waals surface area contributed by atoms with Crippen LogP contribution in [0, 0.1) is 5.92 Å². The van der Waals surface area contributed by atoms with Crippen LogP contribution in [0.2, 0.25) is 0 Å². The van der Waals surface area contributed by atoms with Crippen LogP contribution in [0.25, 0.3) is 0 Å². The van der Waals surface area contributed by atoms with Crippen LogP contribution in [0.3, 0.4) is 0 Å². The quantitative estimate of drug-likeness (QED) is 0.384. The summed E-state index contributed by atoms with van der Waals surface area (Å²) in [6.45, 7) is 9.00. The molecule has 2 atom stereocenters. The molecule has 1 aromatic carbocycles. The van der Waals surface area contributed by atoms with E-state index in [-0.39, 0.29) is 25.3 Å². The zero-order valence-corrected chi connectivity index (χ0v) is 16.9. The number of hydrogen-bond donors (Lipinski definition) is 1. The van der Waals surface area contributed by atoms with E-state index >= 15 is 0 Å². The Hall–Kier alpha value is -2.25. The van der Waals surface area contributed by atoms with Crippen LogP contribution in [0.15, 0.2) is 35.3 Å². The number of esters is 2. The molecule has 0 aromatic heterocycles. The molecule has 28 heavy (non-hydrogen) atoms. The highest BCUT2D eigenvalue weighted by atomic mass is 16.6. The fraction of sp³-hybridized carbons (Fsp3) is 0.571. The van der Waals surface area contributed by atoms with E-state index in [1.807, 2.05) is 25.1 Å². The number of ether oxygens (including phenoxy) is 3. The van der Waals surface area contributed by atoms with E-state index in [4.69, 9.17) is 14.2 Å². The highest BCUT2D eigenvalue weighted by molar-refractivity contribution is 6.09. The molecule has 1 aliphatic rings. The third-order valence-corrected chi connectivity index (χ3v) is 4.77. The molecular weight excluding hydrogens is 360 g/mol. The van der Waals surface area contributed by atoms with Crippen LogP contribution in [0.4, 0.5) is 0 Å².